The van der Waals surface area contributed by atoms with Gasteiger partial charge in [-0.2, -0.15) is 0 Å². The monoisotopic (exact) mass is 564 g/mol. The van der Waals surface area contributed by atoms with Gasteiger partial charge in [-0.1, -0.05) is 35.4 Å². The third kappa shape index (κ3) is 5.97. The van der Waals surface area contributed by atoms with Crippen molar-refractivity contribution in [1.29, 1.82) is 0 Å². The molecule has 2 N–H and O–H groups in total. The van der Waals surface area contributed by atoms with Gasteiger partial charge in [-0.05, 0) is 79.2 Å². The molecule has 1 unspecified atom stereocenters. The van der Waals surface area contributed by atoms with Crippen LogP contribution in [0.15, 0.2) is 84.9 Å². The summed E-state index contributed by atoms with van der Waals surface area (Å²) in [4.78, 5) is 26.9. The average molecular weight is 565 g/mol. The SMILES string of the molecule is Cc1ccc(Oc2ccc(F)cc2[C@H]2NC(=O)C[C@@H](c3cc(F)ccc3F)C2C(=O)Nc2cccc(Cl)c2)cc1. The number of nitrogens with one attached hydrogen (secondary N) is 2. The molecule has 204 valence electrons. The van der Waals surface area contributed by atoms with E-state index in [1.165, 1.54) is 24.3 Å². The zero-order chi connectivity index (χ0) is 28.4. The number of anilines is 1. The first-order valence-corrected chi connectivity index (χ1v) is 12.9. The van der Waals surface area contributed by atoms with E-state index in [9.17, 15) is 18.4 Å². The molecule has 9 heteroatoms. The van der Waals surface area contributed by atoms with Crippen molar-refractivity contribution in [3.63, 3.8) is 0 Å². The molecule has 1 aliphatic rings. The molecule has 5 nitrogen and oxygen atoms in total. The van der Waals surface area contributed by atoms with E-state index in [0.29, 0.717) is 16.5 Å². The highest BCUT2D eigenvalue weighted by Crippen LogP contribution is 2.45. The molecular formula is C31H24ClF3N2O3. The lowest BCUT2D eigenvalue weighted by molar-refractivity contribution is -0.129. The molecule has 40 heavy (non-hydrogen) atoms. The maximum Gasteiger partial charge on any atom is 0.230 e. The molecule has 0 saturated carbocycles. The largest absolute Gasteiger partial charge is 0.457 e. The molecule has 0 aromatic heterocycles. The van der Waals surface area contributed by atoms with Crippen molar-refractivity contribution in [1.82, 2.24) is 5.32 Å². The summed E-state index contributed by atoms with van der Waals surface area (Å²) in [5.74, 6) is -4.86. The standard InChI is InChI=1S/C31H24ClF3N2O3/c1-17-5-9-22(10-6-17)40-27-12-8-20(34)15-25(27)30-29(31(39)36-21-4-2-3-18(32)13-21)24(16-28(38)37-30)23-14-19(33)7-11-26(23)35/h2-15,24,29-30H,16H2,1H3,(H,36,39)(H,37,38)/t24-,29?,30+/m0/s1. The van der Waals surface area contributed by atoms with Crippen LogP contribution in [0.1, 0.15) is 35.1 Å². The molecule has 2 amide bonds. The highest BCUT2D eigenvalue weighted by Gasteiger charge is 2.45. The van der Waals surface area contributed by atoms with E-state index >= 15 is 4.39 Å². The normalized spacial score (nSPS) is 18.6. The molecule has 0 radical (unpaired) electrons. The van der Waals surface area contributed by atoms with Crippen LogP contribution in [-0.2, 0) is 9.59 Å². The predicted molar refractivity (Wildman–Crippen MR) is 146 cm³/mol. The molecule has 0 aliphatic carbocycles. The number of piperidine rings is 1. The molecule has 1 saturated heterocycles. The first-order valence-electron chi connectivity index (χ1n) is 12.5. The number of carbonyl (C=O) groups is 2. The second-order valence-electron chi connectivity index (χ2n) is 9.64. The molecule has 5 rings (SSSR count). The fourth-order valence-electron chi connectivity index (χ4n) is 4.97. The van der Waals surface area contributed by atoms with Gasteiger partial charge in [0, 0.05) is 28.6 Å². The van der Waals surface area contributed by atoms with Gasteiger partial charge in [-0.3, -0.25) is 9.59 Å². The zero-order valence-electron chi connectivity index (χ0n) is 21.3. The Labute approximate surface area is 233 Å². The van der Waals surface area contributed by atoms with Crippen molar-refractivity contribution < 1.29 is 27.5 Å². The number of carbonyl (C=O) groups excluding carboxylic acids is 2. The number of hydrogen-bond donors (Lipinski definition) is 2. The van der Waals surface area contributed by atoms with Gasteiger partial charge in [0.15, 0.2) is 0 Å². The molecule has 4 aromatic carbocycles. The third-order valence-corrected chi connectivity index (χ3v) is 7.06. The second kappa shape index (κ2) is 11.4. The Bertz CT molecular complexity index is 1580. The Morgan fingerprint density at radius 1 is 0.925 bits per heavy atom. The van der Waals surface area contributed by atoms with Crippen LogP contribution in [0.25, 0.3) is 0 Å². The van der Waals surface area contributed by atoms with Gasteiger partial charge in [-0.15, -0.1) is 0 Å². The number of amides is 2. The van der Waals surface area contributed by atoms with E-state index < -0.39 is 47.1 Å². The van der Waals surface area contributed by atoms with Crippen LogP contribution in [-0.4, -0.2) is 11.8 Å². The molecule has 0 bridgehead atoms. The topological polar surface area (TPSA) is 67.4 Å². The van der Waals surface area contributed by atoms with E-state index in [1.807, 2.05) is 19.1 Å². The van der Waals surface area contributed by atoms with E-state index in [-0.39, 0.29) is 23.3 Å². The lowest BCUT2D eigenvalue weighted by atomic mass is 9.73. The molecule has 3 atom stereocenters. The molecule has 0 spiro atoms. The number of aryl methyl sites for hydroxylation is 1. The first kappa shape index (κ1) is 27.3. The van der Waals surface area contributed by atoms with Crippen LogP contribution in [0, 0.1) is 30.3 Å². The highest BCUT2D eigenvalue weighted by molar-refractivity contribution is 6.30. The summed E-state index contributed by atoms with van der Waals surface area (Å²) in [6.07, 6.45) is -0.298. The van der Waals surface area contributed by atoms with Crippen LogP contribution < -0.4 is 15.4 Å². The van der Waals surface area contributed by atoms with Crippen molar-refractivity contribution >= 4 is 29.1 Å². The van der Waals surface area contributed by atoms with Gasteiger partial charge < -0.3 is 15.4 Å². The molecular weight excluding hydrogens is 541 g/mol. The third-order valence-electron chi connectivity index (χ3n) is 6.82. The van der Waals surface area contributed by atoms with E-state index in [0.717, 1.165) is 23.8 Å². The lowest BCUT2D eigenvalue weighted by Crippen LogP contribution is -2.47. The molecule has 1 aliphatic heterocycles. The van der Waals surface area contributed by atoms with Gasteiger partial charge in [0.2, 0.25) is 11.8 Å². The van der Waals surface area contributed by atoms with Crippen LogP contribution in [0.5, 0.6) is 11.5 Å². The highest BCUT2D eigenvalue weighted by atomic mass is 35.5. The quantitative estimate of drug-likeness (QED) is 0.255. The Kier molecular flexibility index (Phi) is 7.80. The summed E-state index contributed by atoms with van der Waals surface area (Å²) >= 11 is 6.09. The van der Waals surface area contributed by atoms with Gasteiger partial charge in [-0.25, -0.2) is 13.2 Å². The Hall–Kier alpha value is -4.30. The summed E-state index contributed by atoms with van der Waals surface area (Å²) in [7, 11) is 0. The number of benzene rings is 4. The minimum atomic E-state index is -1.19. The van der Waals surface area contributed by atoms with E-state index in [4.69, 9.17) is 16.3 Å². The first-order chi connectivity index (χ1) is 19.2. The Morgan fingerprint density at radius 3 is 2.35 bits per heavy atom. The maximum absolute atomic E-state index is 15.1. The minimum absolute atomic E-state index is 0.136. The zero-order valence-corrected chi connectivity index (χ0v) is 22.0. The van der Waals surface area contributed by atoms with Crippen LogP contribution in [0.2, 0.25) is 5.02 Å². The van der Waals surface area contributed by atoms with Crippen LogP contribution in [0.4, 0.5) is 18.9 Å². The molecule has 4 aromatic rings. The van der Waals surface area contributed by atoms with Crippen LogP contribution in [0.3, 0.4) is 0 Å². The molecule has 1 heterocycles. The number of rotatable bonds is 6. The minimum Gasteiger partial charge on any atom is -0.457 e. The summed E-state index contributed by atoms with van der Waals surface area (Å²) in [5.41, 5.74) is 1.40. The van der Waals surface area contributed by atoms with Gasteiger partial charge >= 0.3 is 0 Å². The lowest BCUT2D eigenvalue weighted by Gasteiger charge is -2.38. The van der Waals surface area contributed by atoms with E-state index in [2.05, 4.69) is 10.6 Å². The van der Waals surface area contributed by atoms with Gasteiger partial charge in [0.05, 0.1) is 12.0 Å². The van der Waals surface area contributed by atoms with Crippen molar-refractivity contribution in [2.24, 2.45) is 5.92 Å². The predicted octanol–water partition coefficient (Wildman–Crippen LogP) is 7.46. The van der Waals surface area contributed by atoms with Crippen molar-refractivity contribution in [2.45, 2.75) is 25.3 Å². The molecule has 1 fully saturated rings. The maximum atomic E-state index is 15.1. The number of ether oxygens (including phenoxy) is 1. The summed E-state index contributed by atoms with van der Waals surface area (Å²) in [6, 6.07) is 19.1. The van der Waals surface area contributed by atoms with Crippen molar-refractivity contribution in [3.05, 3.63) is 124 Å². The summed E-state index contributed by atoms with van der Waals surface area (Å²) < 4.78 is 50.0. The summed E-state index contributed by atoms with van der Waals surface area (Å²) in [6.45, 7) is 1.92. The van der Waals surface area contributed by atoms with Crippen LogP contribution >= 0.6 is 11.6 Å². The van der Waals surface area contributed by atoms with Gasteiger partial charge in [0.1, 0.15) is 29.0 Å². The second-order valence-corrected chi connectivity index (χ2v) is 10.1. The average Bonchev–Trinajstić information content (AvgIpc) is 2.91. The van der Waals surface area contributed by atoms with E-state index in [1.54, 1.807) is 30.3 Å². The Balaban J connectivity index is 1.62. The van der Waals surface area contributed by atoms with Gasteiger partial charge in [0.25, 0.3) is 0 Å². The fourth-order valence-corrected chi connectivity index (χ4v) is 5.16. The Morgan fingerprint density at radius 2 is 1.62 bits per heavy atom. The van der Waals surface area contributed by atoms with Crippen molar-refractivity contribution in [2.75, 3.05) is 5.32 Å². The van der Waals surface area contributed by atoms with Crippen molar-refractivity contribution in [3.8, 4) is 11.5 Å². The summed E-state index contributed by atoms with van der Waals surface area (Å²) in [5, 5.41) is 5.91. The smallest absolute Gasteiger partial charge is 0.230 e. The fraction of sp³-hybridized carbons (Fsp3) is 0.161. The number of hydrogen-bond acceptors (Lipinski definition) is 3. The number of halogens is 4.